The van der Waals surface area contributed by atoms with E-state index in [0.29, 0.717) is 12.6 Å². The average Bonchev–Trinajstić information content (AvgIpc) is 2.91. The van der Waals surface area contributed by atoms with Crippen LogP contribution in [0.4, 0.5) is 8.78 Å². The summed E-state index contributed by atoms with van der Waals surface area (Å²) in [6.45, 7) is -1.41. The number of halogens is 2. The van der Waals surface area contributed by atoms with Crippen LogP contribution < -0.4 is 15.4 Å². The number of benzene rings is 1. The summed E-state index contributed by atoms with van der Waals surface area (Å²) >= 11 is 0. The Kier molecular flexibility index (Phi) is 5.29. The van der Waals surface area contributed by atoms with Crippen LogP contribution in [0.1, 0.15) is 29.6 Å². The van der Waals surface area contributed by atoms with Crippen LogP contribution in [0.25, 0.3) is 0 Å². The minimum absolute atomic E-state index is 0.0982. The van der Waals surface area contributed by atoms with Crippen LogP contribution >= 0.6 is 0 Å². The number of alkyl halides is 2. The van der Waals surface area contributed by atoms with Gasteiger partial charge in [-0.2, -0.15) is 8.78 Å². The van der Waals surface area contributed by atoms with E-state index in [0.717, 1.165) is 25.8 Å². The first-order chi connectivity index (χ1) is 9.66. The van der Waals surface area contributed by atoms with Crippen LogP contribution in [0.3, 0.4) is 0 Å². The van der Waals surface area contributed by atoms with Crippen molar-refractivity contribution in [2.24, 2.45) is 0 Å². The highest BCUT2D eigenvalue weighted by Crippen LogP contribution is 2.20. The maximum absolute atomic E-state index is 12.3. The van der Waals surface area contributed by atoms with Gasteiger partial charge in [-0.15, -0.1) is 0 Å². The molecule has 20 heavy (non-hydrogen) atoms. The van der Waals surface area contributed by atoms with Gasteiger partial charge in [-0.25, -0.2) is 0 Å². The minimum Gasteiger partial charge on any atom is -0.434 e. The molecule has 1 aliphatic rings. The third-order valence-corrected chi connectivity index (χ3v) is 3.29. The van der Waals surface area contributed by atoms with E-state index in [1.807, 2.05) is 0 Å². The van der Waals surface area contributed by atoms with Crippen molar-refractivity contribution >= 4 is 5.91 Å². The first-order valence-electron chi connectivity index (χ1n) is 6.72. The van der Waals surface area contributed by atoms with Gasteiger partial charge in [0.2, 0.25) is 0 Å². The van der Waals surface area contributed by atoms with E-state index in [2.05, 4.69) is 15.4 Å². The van der Waals surface area contributed by atoms with E-state index in [1.165, 1.54) is 12.1 Å². The molecule has 0 saturated carbocycles. The molecule has 1 aliphatic heterocycles. The molecule has 1 heterocycles. The van der Waals surface area contributed by atoms with Gasteiger partial charge in [0.05, 0.1) is 5.56 Å². The van der Waals surface area contributed by atoms with Gasteiger partial charge in [-0.3, -0.25) is 4.79 Å². The summed E-state index contributed by atoms with van der Waals surface area (Å²) in [7, 11) is 0. The Morgan fingerprint density at radius 2 is 2.25 bits per heavy atom. The van der Waals surface area contributed by atoms with Crippen LogP contribution in [0.5, 0.6) is 5.75 Å². The fraction of sp³-hybridized carbons (Fsp3) is 0.500. The maximum Gasteiger partial charge on any atom is 0.387 e. The lowest BCUT2D eigenvalue weighted by molar-refractivity contribution is -0.0501. The molecular formula is C14H18F2N2O2. The lowest BCUT2D eigenvalue weighted by Crippen LogP contribution is -2.30. The summed E-state index contributed by atoms with van der Waals surface area (Å²) in [6.07, 6.45) is 3.11. The van der Waals surface area contributed by atoms with Crippen molar-refractivity contribution in [1.29, 1.82) is 0 Å². The van der Waals surface area contributed by atoms with E-state index in [1.54, 1.807) is 12.1 Å². The number of carbonyl (C=O) groups excluding carboxylic acids is 1. The molecule has 0 aliphatic carbocycles. The van der Waals surface area contributed by atoms with Crippen molar-refractivity contribution in [3.63, 3.8) is 0 Å². The molecule has 0 radical (unpaired) electrons. The number of nitrogens with one attached hydrogen (secondary N) is 2. The Morgan fingerprint density at radius 1 is 1.45 bits per heavy atom. The number of rotatable bonds is 6. The Labute approximate surface area is 116 Å². The zero-order chi connectivity index (χ0) is 14.4. The van der Waals surface area contributed by atoms with E-state index >= 15 is 0 Å². The van der Waals surface area contributed by atoms with Crippen LogP contribution in [0.15, 0.2) is 24.3 Å². The van der Waals surface area contributed by atoms with Crippen molar-refractivity contribution in [3.05, 3.63) is 29.8 Å². The summed E-state index contributed by atoms with van der Waals surface area (Å²) in [4.78, 5) is 12.0. The van der Waals surface area contributed by atoms with E-state index in [-0.39, 0.29) is 17.2 Å². The molecule has 2 N–H and O–H groups in total. The fourth-order valence-electron chi connectivity index (χ4n) is 2.31. The molecule has 1 saturated heterocycles. The number of hydrogen-bond acceptors (Lipinski definition) is 3. The fourth-order valence-corrected chi connectivity index (χ4v) is 2.31. The molecule has 0 unspecified atom stereocenters. The van der Waals surface area contributed by atoms with Crippen molar-refractivity contribution < 1.29 is 18.3 Å². The quantitative estimate of drug-likeness (QED) is 0.841. The second-order valence-electron chi connectivity index (χ2n) is 4.71. The van der Waals surface area contributed by atoms with E-state index in [4.69, 9.17) is 0 Å². The lowest BCUT2D eigenvalue weighted by Gasteiger charge is -2.13. The van der Waals surface area contributed by atoms with Crippen LogP contribution in [-0.4, -0.2) is 31.7 Å². The summed E-state index contributed by atoms with van der Waals surface area (Å²) in [6, 6.07) is 6.44. The molecule has 2 rings (SSSR count). The molecule has 1 atom stereocenters. The monoisotopic (exact) mass is 284 g/mol. The molecule has 0 bridgehead atoms. The van der Waals surface area contributed by atoms with E-state index in [9.17, 15) is 13.6 Å². The molecule has 1 aromatic rings. The topological polar surface area (TPSA) is 50.4 Å². The largest absolute Gasteiger partial charge is 0.434 e. The molecule has 110 valence electrons. The van der Waals surface area contributed by atoms with Gasteiger partial charge in [0, 0.05) is 12.6 Å². The highest BCUT2D eigenvalue weighted by Gasteiger charge is 2.17. The SMILES string of the molecule is O=C(NCC[C@H]1CCCN1)c1ccccc1OC(F)F. The van der Waals surface area contributed by atoms with Gasteiger partial charge in [0.15, 0.2) is 0 Å². The van der Waals surface area contributed by atoms with Crippen LogP contribution in [0.2, 0.25) is 0 Å². The molecule has 6 heteroatoms. The molecule has 1 aromatic carbocycles. The molecule has 1 fully saturated rings. The normalized spacial score (nSPS) is 18.2. The van der Waals surface area contributed by atoms with Crippen LogP contribution in [0, 0.1) is 0 Å². The van der Waals surface area contributed by atoms with Crippen molar-refractivity contribution in [1.82, 2.24) is 10.6 Å². The smallest absolute Gasteiger partial charge is 0.387 e. The van der Waals surface area contributed by atoms with Crippen molar-refractivity contribution in [3.8, 4) is 5.75 Å². The highest BCUT2D eigenvalue weighted by atomic mass is 19.3. The first kappa shape index (κ1) is 14.7. The lowest BCUT2D eigenvalue weighted by atomic mass is 10.1. The first-order valence-corrected chi connectivity index (χ1v) is 6.72. The molecule has 4 nitrogen and oxygen atoms in total. The Morgan fingerprint density at radius 3 is 2.95 bits per heavy atom. The summed E-state index contributed by atoms with van der Waals surface area (Å²) in [5.74, 6) is -0.488. The average molecular weight is 284 g/mol. The van der Waals surface area contributed by atoms with Gasteiger partial charge >= 0.3 is 6.61 Å². The Balaban J connectivity index is 1.87. The number of carbonyl (C=O) groups is 1. The summed E-state index contributed by atoms with van der Waals surface area (Å²) in [5, 5.41) is 6.07. The second-order valence-corrected chi connectivity index (χ2v) is 4.71. The van der Waals surface area contributed by atoms with Crippen molar-refractivity contribution in [2.45, 2.75) is 31.9 Å². The zero-order valence-corrected chi connectivity index (χ0v) is 11.1. The number of ether oxygens (including phenoxy) is 1. The van der Waals surface area contributed by atoms with Gasteiger partial charge < -0.3 is 15.4 Å². The number of para-hydroxylation sites is 1. The second kappa shape index (κ2) is 7.19. The van der Waals surface area contributed by atoms with Gasteiger partial charge in [0.25, 0.3) is 5.91 Å². The Hall–Kier alpha value is -1.69. The van der Waals surface area contributed by atoms with Crippen molar-refractivity contribution in [2.75, 3.05) is 13.1 Å². The Bertz CT molecular complexity index is 449. The standard InChI is InChI=1S/C14H18F2N2O2/c15-14(16)20-12-6-2-1-5-11(12)13(19)18-9-7-10-4-3-8-17-10/h1-2,5-6,10,14,17H,3-4,7-9H2,(H,18,19)/t10-/m1/s1. The molecule has 0 spiro atoms. The molecule has 0 aromatic heterocycles. The van der Waals surface area contributed by atoms with Gasteiger partial charge in [0.1, 0.15) is 5.75 Å². The predicted octanol–water partition coefficient (Wildman–Crippen LogP) is 2.16. The number of amides is 1. The van der Waals surface area contributed by atoms with Gasteiger partial charge in [-0.05, 0) is 37.9 Å². The molecule has 1 amide bonds. The minimum atomic E-state index is -2.94. The predicted molar refractivity (Wildman–Crippen MR) is 71.0 cm³/mol. The maximum atomic E-state index is 12.3. The summed E-state index contributed by atoms with van der Waals surface area (Å²) in [5.41, 5.74) is 0.132. The number of hydrogen-bond donors (Lipinski definition) is 2. The zero-order valence-electron chi connectivity index (χ0n) is 11.1. The molecular weight excluding hydrogens is 266 g/mol. The third-order valence-electron chi connectivity index (χ3n) is 3.29. The van der Waals surface area contributed by atoms with Gasteiger partial charge in [-0.1, -0.05) is 12.1 Å². The highest BCUT2D eigenvalue weighted by molar-refractivity contribution is 5.96. The third kappa shape index (κ3) is 4.16. The van der Waals surface area contributed by atoms with Crippen LogP contribution in [-0.2, 0) is 0 Å². The summed E-state index contributed by atoms with van der Waals surface area (Å²) < 4.78 is 28.9. The van der Waals surface area contributed by atoms with E-state index < -0.39 is 6.61 Å².